The van der Waals surface area contributed by atoms with Gasteiger partial charge in [-0.25, -0.2) is 0 Å². The summed E-state index contributed by atoms with van der Waals surface area (Å²) in [5, 5.41) is 3.32. The summed E-state index contributed by atoms with van der Waals surface area (Å²) in [6.07, 6.45) is 1.65. The van der Waals surface area contributed by atoms with Gasteiger partial charge in [-0.15, -0.1) is 0 Å². The molecule has 0 saturated carbocycles. The molecule has 128 valence electrons. The summed E-state index contributed by atoms with van der Waals surface area (Å²) in [6.45, 7) is 2.40. The number of halogens is 1. The second-order valence-electron chi connectivity index (χ2n) is 5.84. The number of unbranched alkanes of at least 4 members (excludes halogenated alkanes) is 1. The molecule has 0 unspecified atom stereocenters. The van der Waals surface area contributed by atoms with Crippen LogP contribution in [0.1, 0.15) is 50.8 Å². The van der Waals surface area contributed by atoms with E-state index in [2.05, 4.69) is 5.32 Å². The smallest absolute Gasteiger partial charge is 0.261 e. The standard InChI is InChI=1S/C19H17ClN2O3/c1-2-3-10-22-18(24)15-9-4-12(11-16(15)19(22)25)17(23)21-14-7-5-13(20)6-8-14/h4-9,11H,2-3,10H2,1H3,(H,21,23). The lowest BCUT2D eigenvalue weighted by Crippen LogP contribution is -2.30. The van der Waals surface area contributed by atoms with E-state index in [9.17, 15) is 14.4 Å². The summed E-state index contributed by atoms with van der Waals surface area (Å²) in [5.74, 6) is -0.981. The molecule has 2 aromatic rings. The molecule has 0 spiro atoms. The van der Waals surface area contributed by atoms with Crippen molar-refractivity contribution in [2.45, 2.75) is 19.8 Å². The van der Waals surface area contributed by atoms with Crippen molar-refractivity contribution >= 4 is 35.0 Å². The van der Waals surface area contributed by atoms with E-state index in [1.165, 1.54) is 17.0 Å². The van der Waals surface area contributed by atoms with Gasteiger partial charge in [0.15, 0.2) is 0 Å². The van der Waals surface area contributed by atoms with Gasteiger partial charge in [0.05, 0.1) is 11.1 Å². The van der Waals surface area contributed by atoms with Gasteiger partial charge in [-0.2, -0.15) is 0 Å². The van der Waals surface area contributed by atoms with E-state index < -0.39 is 0 Å². The lowest BCUT2D eigenvalue weighted by Gasteiger charge is -2.12. The molecular weight excluding hydrogens is 340 g/mol. The Kier molecular flexibility index (Phi) is 4.86. The van der Waals surface area contributed by atoms with Crippen molar-refractivity contribution in [2.75, 3.05) is 11.9 Å². The highest BCUT2D eigenvalue weighted by Gasteiger charge is 2.35. The second kappa shape index (κ2) is 7.07. The van der Waals surface area contributed by atoms with Crippen molar-refractivity contribution in [3.8, 4) is 0 Å². The molecule has 6 heteroatoms. The zero-order valence-corrected chi connectivity index (χ0v) is 14.5. The summed E-state index contributed by atoms with van der Waals surface area (Å²) >= 11 is 5.82. The third kappa shape index (κ3) is 3.42. The summed E-state index contributed by atoms with van der Waals surface area (Å²) in [5.41, 5.74) is 1.56. The predicted octanol–water partition coefficient (Wildman–Crippen LogP) is 3.99. The first kappa shape index (κ1) is 17.2. The summed E-state index contributed by atoms with van der Waals surface area (Å²) in [6, 6.07) is 11.3. The van der Waals surface area contributed by atoms with E-state index in [-0.39, 0.29) is 23.3 Å². The lowest BCUT2D eigenvalue weighted by molar-refractivity contribution is 0.0652. The minimum atomic E-state index is -0.350. The first-order chi connectivity index (χ1) is 12.0. The molecule has 1 N–H and O–H groups in total. The summed E-state index contributed by atoms with van der Waals surface area (Å²) in [7, 11) is 0. The molecule has 1 aliphatic rings. The van der Waals surface area contributed by atoms with Crippen molar-refractivity contribution in [1.29, 1.82) is 0 Å². The number of nitrogens with one attached hydrogen (secondary N) is 1. The number of fused-ring (bicyclic) bond motifs is 1. The quantitative estimate of drug-likeness (QED) is 0.824. The minimum Gasteiger partial charge on any atom is -0.322 e. The monoisotopic (exact) mass is 356 g/mol. The number of benzene rings is 2. The van der Waals surface area contributed by atoms with Crippen molar-refractivity contribution in [1.82, 2.24) is 4.90 Å². The van der Waals surface area contributed by atoms with Crippen LogP contribution in [0.25, 0.3) is 0 Å². The van der Waals surface area contributed by atoms with E-state index in [1.54, 1.807) is 30.3 Å². The Morgan fingerprint density at radius 3 is 2.40 bits per heavy atom. The van der Waals surface area contributed by atoms with E-state index >= 15 is 0 Å². The van der Waals surface area contributed by atoms with Gasteiger partial charge in [-0.1, -0.05) is 24.9 Å². The topological polar surface area (TPSA) is 66.5 Å². The first-order valence-electron chi connectivity index (χ1n) is 8.08. The van der Waals surface area contributed by atoms with Gasteiger partial charge in [-0.05, 0) is 48.9 Å². The largest absolute Gasteiger partial charge is 0.322 e. The van der Waals surface area contributed by atoms with Gasteiger partial charge in [0.2, 0.25) is 0 Å². The van der Waals surface area contributed by atoms with Gasteiger partial charge in [0.1, 0.15) is 0 Å². The number of carbonyl (C=O) groups excluding carboxylic acids is 3. The van der Waals surface area contributed by atoms with Crippen LogP contribution in [0.5, 0.6) is 0 Å². The molecule has 2 aromatic carbocycles. The van der Waals surface area contributed by atoms with Crippen molar-refractivity contribution in [3.63, 3.8) is 0 Å². The number of carbonyl (C=O) groups is 3. The number of hydrogen-bond donors (Lipinski definition) is 1. The van der Waals surface area contributed by atoms with Crippen LogP contribution in [0.4, 0.5) is 5.69 Å². The predicted molar refractivity (Wildman–Crippen MR) is 96.1 cm³/mol. The minimum absolute atomic E-state index is 0.282. The average Bonchev–Trinajstić information content (AvgIpc) is 2.85. The molecular formula is C19H17ClN2O3. The Hall–Kier alpha value is -2.66. The van der Waals surface area contributed by atoms with Crippen LogP contribution in [0.3, 0.4) is 0 Å². The maximum atomic E-state index is 12.4. The van der Waals surface area contributed by atoms with Gasteiger partial charge in [-0.3, -0.25) is 19.3 Å². The fourth-order valence-electron chi connectivity index (χ4n) is 2.69. The van der Waals surface area contributed by atoms with Crippen LogP contribution in [-0.4, -0.2) is 29.2 Å². The number of nitrogens with zero attached hydrogens (tertiary/aromatic N) is 1. The SMILES string of the molecule is CCCCN1C(=O)c2ccc(C(=O)Nc3ccc(Cl)cc3)cc2C1=O. The molecule has 3 rings (SSSR count). The van der Waals surface area contributed by atoms with E-state index in [4.69, 9.17) is 11.6 Å². The van der Waals surface area contributed by atoms with E-state index in [0.29, 0.717) is 28.4 Å². The van der Waals surface area contributed by atoms with Crippen molar-refractivity contribution < 1.29 is 14.4 Å². The van der Waals surface area contributed by atoms with Crippen molar-refractivity contribution in [2.24, 2.45) is 0 Å². The second-order valence-corrected chi connectivity index (χ2v) is 6.27. The molecule has 5 nitrogen and oxygen atoms in total. The Morgan fingerprint density at radius 1 is 1.04 bits per heavy atom. The van der Waals surface area contributed by atoms with Crippen LogP contribution in [0.2, 0.25) is 5.02 Å². The normalized spacial score (nSPS) is 13.1. The van der Waals surface area contributed by atoms with Crippen LogP contribution in [0.15, 0.2) is 42.5 Å². The van der Waals surface area contributed by atoms with E-state index in [0.717, 1.165) is 12.8 Å². The van der Waals surface area contributed by atoms with Crippen LogP contribution >= 0.6 is 11.6 Å². The summed E-state index contributed by atoms with van der Waals surface area (Å²) in [4.78, 5) is 38.4. The molecule has 0 bridgehead atoms. The number of anilines is 1. The Morgan fingerprint density at radius 2 is 1.72 bits per heavy atom. The molecule has 0 fully saturated rings. The van der Waals surface area contributed by atoms with Gasteiger partial charge in [0.25, 0.3) is 17.7 Å². The van der Waals surface area contributed by atoms with Gasteiger partial charge >= 0.3 is 0 Å². The molecule has 0 atom stereocenters. The number of rotatable bonds is 5. The maximum Gasteiger partial charge on any atom is 0.261 e. The molecule has 3 amide bonds. The van der Waals surface area contributed by atoms with Crippen LogP contribution in [0, 0.1) is 0 Å². The fourth-order valence-corrected chi connectivity index (χ4v) is 2.81. The number of hydrogen-bond acceptors (Lipinski definition) is 3. The number of imide groups is 1. The lowest BCUT2D eigenvalue weighted by atomic mass is 10.1. The zero-order chi connectivity index (χ0) is 18.0. The zero-order valence-electron chi connectivity index (χ0n) is 13.7. The van der Waals surface area contributed by atoms with Crippen LogP contribution < -0.4 is 5.32 Å². The molecule has 1 aliphatic heterocycles. The van der Waals surface area contributed by atoms with Gasteiger partial charge in [0, 0.05) is 22.8 Å². The fraction of sp³-hybridized carbons (Fsp3) is 0.211. The Bertz CT molecular complexity index is 846. The third-order valence-electron chi connectivity index (χ3n) is 4.07. The number of amides is 3. The first-order valence-corrected chi connectivity index (χ1v) is 8.46. The average molecular weight is 357 g/mol. The molecule has 0 radical (unpaired) electrons. The molecule has 0 saturated heterocycles. The Labute approximate surface area is 150 Å². The molecule has 1 heterocycles. The third-order valence-corrected chi connectivity index (χ3v) is 4.32. The Balaban J connectivity index is 1.81. The maximum absolute atomic E-state index is 12.4. The molecule has 0 aliphatic carbocycles. The highest BCUT2D eigenvalue weighted by atomic mass is 35.5. The highest BCUT2D eigenvalue weighted by molar-refractivity contribution is 6.30. The van der Waals surface area contributed by atoms with Crippen LogP contribution in [-0.2, 0) is 0 Å². The highest BCUT2D eigenvalue weighted by Crippen LogP contribution is 2.25. The van der Waals surface area contributed by atoms with Gasteiger partial charge < -0.3 is 5.32 Å². The summed E-state index contributed by atoms with van der Waals surface area (Å²) < 4.78 is 0. The van der Waals surface area contributed by atoms with Crippen molar-refractivity contribution in [3.05, 3.63) is 64.2 Å². The molecule has 0 aromatic heterocycles. The molecule has 25 heavy (non-hydrogen) atoms. The van der Waals surface area contributed by atoms with E-state index in [1.807, 2.05) is 6.92 Å².